The van der Waals surface area contributed by atoms with Crippen LogP contribution in [0.4, 0.5) is 23.1 Å². The quantitative estimate of drug-likeness (QED) is 0.468. The van der Waals surface area contributed by atoms with Crippen molar-refractivity contribution in [1.29, 1.82) is 0 Å². The number of H-pyrrole nitrogens is 1. The van der Waals surface area contributed by atoms with Gasteiger partial charge in [0, 0.05) is 12.1 Å². The zero-order chi connectivity index (χ0) is 22.1. The molecule has 8 nitrogen and oxygen atoms in total. The fourth-order valence-corrected chi connectivity index (χ4v) is 3.60. The monoisotopic (exact) mass is 457 g/mol. The van der Waals surface area contributed by atoms with Crippen molar-refractivity contribution in [3.63, 3.8) is 0 Å². The topological polar surface area (TPSA) is 116 Å². The predicted octanol–water partition coefficient (Wildman–Crippen LogP) is 4.19. The molecule has 1 aromatic heterocycles. The van der Waals surface area contributed by atoms with Gasteiger partial charge in [0.25, 0.3) is 5.56 Å². The summed E-state index contributed by atoms with van der Waals surface area (Å²) in [6.07, 6.45) is -0.202. The zero-order valence-electron chi connectivity index (χ0n) is 16.3. The molecule has 2 amide bonds. The Hall–Kier alpha value is -3.36. The molecular weight excluding hydrogens is 441 g/mol. The zero-order valence-corrected chi connectivity index (χ0v) is 17.8. The van der Waals surface area contributed by atoms with Crippen molar-refractivity contribution in [2.24, 2.45) is 0 Å². The molecule has 0 radical (unpaired) electrons. The third-order valence-electron chi connectivity index (χ3n) is 4.79. The maximum absolute atomic E-state index is 12.9. The second-order valence-corrected chi connectivity index (χ2v) is 7.85. The second-order valence-electron chi connectivity index (χ2n) is 7.06. The van der Waals surface area contributed by atoms with E-state index in [2.05, 4.69) is 25.9 Å². The van der Waals surface area contributed by atoms with Crippen molar-refractivity contribution in [3.8, 4) is 0 Å². The highest BCUT2D eigenvalue weighted by molar-refractivity contribution is 6.44. The number of hydrogen-bond donors (Lipinski definition) is 4. The molecule has 2 heterocycles. The molecule has 4 N–H and O–H groups in total. The van der Waals surface area contributed by atoms with E-state index >= 15 is 0 Å². The summed E-state index contributed by atoms with van der Waals surface area (Å²) in [6.45, 7) is 1.96. The number of anilines is 4. The molecule has 0 fully saturated rings. The lowest BCUT2D eigenvalue weighted by Gasteiger charge is -2.24. The number of carbonyl (C=O) groups excluding carboxylic acids is 2. The second kappa shape index (κ2) is 8.41. The van der Waals surface area contributed by atoms with Crippen LogP contribution in [-0.4, -0.2) is 21.8 Å². The first-order valence-corrected chi connectivity index (χ1v) is 10.1. The number of carbonyl (C=O) groups is 2. The van der Waals surface area contributed by atoms with Crippen molar-refractivity contribution in [2.75, 3.05) is 16.0 Å². The Labute approximate surface area is 187 Å². The van der Waals surface area contributed by atoms with Gasteiger partial charge >= 0.3 is 0 Å². The van der Waals surface area contributed by atoms with Crippen molar-refractivity contribution in [1.82, 2.24) is 9.97 Å². The van der Waals surface area contributed by atoms with E-state index in [-0.39, 0.29) is 39.5 Å². The van der Waals surface area contributed by atoms with Crippen LogP contribution in [0.1, 0.15) is 23.5 Å². The Bertz CT molecular complexity index is 1240. The fourth-order valence-electron chi connectivity index (χ4n) is 3.25. The summed E-state index contributed by atoms with van der Waals surface area (Å²) < 4.78 is 0. The summed E-state index contributed by atoms with van der Waals surface area (Å²) in [4.78, 5) is 44.9. The number of hydrogen-bond acceptors (Lipinski definition) is 5. The molecule has 1 atom stereocenters. The standard InChI is InChI=1S/C21H17Cl2N5O3/c1-10-5-7-11(8-6-10)24-21-27-18-16(20(31)28-21)12(9-15(29)26-18)19(30)25-14-4-2-3-13(22)17(14)23/h2-8,12H,9H2,1H3,(H,25,30)(H3,24,26,27,28,29,31). The van der Waals surface area contributed by atoms with Crippen molar-refractivity contribution >= 4 is 58.2 Å². The van der Waals surface area contributed by atoms with E-state index in [1.165, 1.54) is 0 Å². The molecule has 0 saturated heterocycles. The minimum absolute atomic E-state index is 0.0342. The average molecular weight is 458 g/mol. The lowest BCUT2D eigenvalue weighted by molar-refractivity contribution is -0.123. The Morgan fingerprint density at radius 3 is 2.61 bits per heavy atom. The van der Waals surface area contributed by atoms with Gasteiger partial charge in [0.15, 0.2) is 0 Å². The number of fused-ring (bicyclic) bond motifs is 1. The van der Waals surface area contributed by atoms with Gasteiger partial charge in [0.2, 0.25) is 17.8 Å². The fraction of sp³-hybridized carbons (Fsp3) is 0.143. The summed E-state index contributed by atoms with van der Waals surface area (Å²) in [7, 11) is 0. The van der Waals surface area contributed by atoms with Gasteiger partial charge in [-0.2, -0.15) is 4.98 Å². The minimum atomic E-state index is -1.04. The van der Waals surface area contributed by atoms with Gasteiger partial charge < -0.3 is 16.0 Å². The SMILES string of the molecule is Cc1ccc(Nc2nc3c(c(=O)[nH]2)C(C(=O)Nc2cccc(Cl)c2Cl)CC(=O)N3)cc1. The number of nitrogens with one attached hydrogen (secondary N) is 4. The number of benzene rings is 2. The van der Waals surface area contributed by atoms with E-state index in [0.717, 1.165) is 5.56 Å². The van der Waals surface area contributed by atoms with Crippen molar-refractivity contribution in [2.45, 2.75) is 19.3 Å². The van der Waals surface area contributed by atoms with E-state index in [0.29, 0.717) is 5.69 Å². The van der Waals surface area contributed by atoms with Crippen LogP contribution in [0.15, 0.2) is 47.3 Å². The van der Waals surface area contributed by atoms with E-state index in [4.69, 9.17) is 23.2 Å². The molecule has 1 aliphatic heterocycles. The Balaban J connectivity index is 1.65. The summed E-state index contributed by atoms with van der Waals surface area (Å²) in [5.41, 5.74) is 1.62. The third-order valence-corrected chi connectivity index (χ3v) is 5.61. The maximum atomic E-state index is 12.9. The van der Waals surface area contributed by atoms with Crippen LogP contribution in [0.3, 0.4) is 0 Å². The van der Waals surface area contributed by atoms with Crippen molar-refractivity contribution < 1.29 is 9.59 Å². The molecule has 3 aromatic rings. The summed E-state index contributed by atoms with van der Waals surface area (Å²) in [5, 5.41) is 8.63. The Morgan fingerprint density at radius 2 is 1.87 bits per heavy atom. The highest BCUT2D eigenvalue weighted by Gasteiger charge is 2.35. The third kappa shape index (κ3) is 4.40. The molecule has 0 bridgehead atoms. The van der Waals surface area contributed by atoms with Crippen LogP contribution in [0.25, 0.3) is 0 Å². The van der Waals surface area contributed by atoms with Gasteiger partial charge in [0.1, 0.15) is 5.82 Å². The molecule has 1 aliphatic rings. The van der Waals surface area contributed by atoms with E-state index in [1.807, 2.05) is 31.2 Å². The number of nitrogens with zero attached hydrogens (tertiary/aromatic N) is 1. The average Bonchev–Trinajstić information content (AvgIpc) is 2.72. The Kier molecular flexibility index (Phi) is 5.67. The molecule has 0 saturated carbocycles. The number of aryl methyl sites for hydroxylation is 1. The summed E-state index contributed by atoms with van der Waals surface area (Å²) in [6, 6.07) is 12.3. The van der Waals surface area contributed by atoms with Crippen LogP contribution in [-0.2, 0) is 9.59 Å². The van der Waals surface area contributed by atoms with E-state index in [9.17, 15) is 14.4 Å². The molecule has 0 aliphatic carbocycles. The molecular formula is C21H17Cl2N5O3. The summed E-state index contributed by atoms with van der Waals surface area (Å²) in [5.74, 6) is -1.85. The minimum Gasteiger partial charge on any atom is -0.326 e. The Morgan fingerprint density at radius 1 is 1.13 bits per heavy atom. The van der Waals surface area contributed by atoms with Crippen LogP contribution >= 0.6 is 23.2 Å². The lowest BCUT2D eigenvalue weighted by Crippen LogP contribution is -2.36. The van der Waals surface area contributed by atoms with Gasteiger partial charge in [-0.15, -0.1) is 0 Å². The molecule has 10 heteroatoms. The van der Waals surface area contributed by atoms with E-state index < -0.39 is 23.3 Å². The predicted molar refractivity (Wildman–Crippen MR) is 120 cm³/mol. The molecule has 1 unspecified atom stereocenters. The number of amides is 2. The van der Waals surface area contributed by atoms with Gasteiger partial charge in [-0.25, -0.2) is 0 Å². The first kappa shape index (κ1) is 20.9. The number of aromatic nitrogens is 2. The molecule has 158 valence electrons. The van der Waals surface area contributed by atoms with Crippen LogP contribution < -0.4 is 21.5 Å². The first-order chi connectivity index (χ1) is 14.8. The first-order valence-electron chi connectivity index (χ1n) is 9.34. The van der Waals surface area contributed by atoms with Crippen molar-refractivity contribution in [3.05, 3.63) is 74.0 Å². The lowest BCUT2D eigenvalue weighted by atomic mass is 9.92. The van der Waals surface area contributed by atoms with Gasteiger partial charge in [-0.3, -0.25) is 19.4 Å². The molecule has 2 aromatic carbocycles. The van der Waals surface area contributed by atoms with Gasteiger partial charge in [0.05, 0.1) is 27.2 Å². The summed E-state index contributed by atoms with van der Waals surface area (Å²) >= 11 is 12.1. The number of aromatic amines is 1. The number of rotatable bonds is 4. The van der Waals surface area contributed by atoms with Crippen LogP contribution in [0.5, 0.6) is 0 Å². The highest BCUT2D eigenvalue weighted by atomic mass is 35.5. The smallest absolute Gasteiger partial charge is 0.258 e. The molecule has 4 rings (SSSR count). The molecule has 0 spiro atoms. The normalized spacial score (nSPS) is 15.1. The van der Waals surface area contributed by atoms with E-state index in [1.54, 1.807) is 18.2 Å². The van der Waals surface area contributed by atoms with Crippen LogP contribution in [0.2, 0.25) is 10.0 Å². The molecule has 31 heavy (non-hydrogen) atoms. The van der Waals surface area contributed by atoms with Gasteiger partial charge in [-0.05, 0) is 31.2 Å². The van der Waals surface area contributed by atoms with Gasteiger partial charge in [-0.1, -0.05) is 47.0 Å². The maximum Gasteiger partial charge on any atom is 0.258 e. The van der Waals surface area contributed by atoms with Crippen LogP contribution in [0, 0.1) is 6.92 Å². The number of halogens is 2. The largest absolute Gasteiger partial charge is 0.326 e. The highest BCUT2D eigenvalue weighted by Crippen LogP contribution is 2.33.